The average Bonchev–Trinajstić information content (AvgIpc) is 2.36. The third-order valence-electron chi connectivity index (χ3n) is 3.78. The summed E-state index contributed by atoms with van der Waals surface area (Å²) < 4.78 is 0. The minimum Gasteiger partial charge on any atom is -0.481 e. The number of hydrogen-bond acceptors (Lipinski definition) is 2. The lowest BCUT2D eigenvalue weighted by molar-refractivity contribution is -0.146. The van der Waals surface area contributed by atoms with Crippen LogP contribution in [-0.4, -0.2) is 22.2 Å². The molecule has 4 nitrogen and oxygen atoms in total. The van der Waals surface area contributed by atoms with Gasteiger partial charge in [0.2, 0.25) is 0 Å². The fourth-order valence-corrected chi connectivity index (χ4v) is 2.44. The zero-order valence-corrected chi connectivity index (χ0v) is 11.6. The molecule has 1 aliphatic rings. The van der Waals surface area contributed by atoms with E-state index in [1.54, 1.807) is 19.1 Å². The van der Waals surface area contributed by atoms with Gasteiger partial charge in [0.25, 0.3) is 0 Å². The molecule has 0 aromatic heterocycles. The Morgan fingerprint density at radius 3 is 2.47 bits per heavy atom. The molecule has 0 aromatic rings. The van der Waals surface area contributed by atoms with E-state index in [9.17, 15) is 14.7 Å². The molecule has 0 heterocycles. The molecule has 19 heavy (non-hydrogen) atoms. The second-order valence-electron chi connectivity index (χ2n) is 5.25. The summed E-state index contributed by atoms with van der Waals surface area (Å²) in [6.07, 6.45) is 7.88. The lowest BCUT2D eigenvalue weighted by Gasteiger charge is -2.29. The van der Waals surface area contributed by atoms with Gasteiger partial charge in [-0.1, -0.05) is 44.8 Å². The first kappa shape index (κ1) is 15.5. The summed E-state index contributed by atoms with van der Waals surface area (Å²) in [6.45, 7) is 3.81. The van der Waals surface area contributed by atoms with Crippen molar-refractivity contribution in [3.63, 3.8) is 0 Å². The maximum atomic E-state index is 11.5. The fourth-order valence-electron chi connectivity index (χ4n) is 2.44. The van der Waals surface area contributed by atoms with E-state index in [4.69, 9.17) is 5.11 Å². The summed E-state index contributed by atoms with van der Waals surface area (Å²) in [5, 5.41) is 18.6. The van der Waals surface area contributed by atoms with Gasteiger partial charge < -0.3 is 10.2 Å². The number of hydrogen-bond donors (Lipinski definition) is 2. The number of carboxylic acid groups (broad SMARTS) is 2. The van der Waals surface area contributed by atoms with Gasteiger partial charge in [-0.2, -0.15) is 0 Å². The van der Waals surface area contributed by atoms with Crippen molar-refractivity contribution >= 4 is 11.9 Å². The van der Waals surface area contributed by atoms with Gasteiger partial charge in [-0.3, -0.25) is 4.79 Å². The van der Waals surface area contributed by atoms with Crippen LogP contribution in [0.4, 0.5) is 0 Å². The molecular weight excluding hydrogens is 244 g/mol. The van der Waals surface area contributed by atoms with Gasteiger partial charge in [0.15, 0.2) is 0 Å². The number of allylic oxidation sites excluding steroid dienone is 2. The number of rotatable bonds is 7. The standard InChI is InChI=1S/C15H22O4/c1-3-4-5-6-8-15(14(18)19)9-7-11(2)12(10-15)13(16)17/h7,9H,3-6,8,10H2,1-2H3,(H,16,17)(H,18,19). The number of carbonyl (C=O) groups is 2. The second kappa shape index (κ2) is 6.55. The predicted octanol–water partition coefficient (Wildman–Crippen LogP) is 3.39. The Morgan fingerprint density at radius 1 is 1.26 bits per heavy atom. The van der Waals surface area contributed by atoms with Gasteiger partial charge in [-0.25, -0.2) is 4.79 Å². The number of unbranched alkanes of at least 4 members (excludes halogenated alkanes) is 3. The molecule has 1 atom stereocenters. The maximum absolute atomic E-state index is 11.5. The summed E-state index contributed by atoms with van der Waals surface area (Å²) in [5.41, 5.74) is -0.167. The Kier molecular flexibility index (Phi) is 5.33. The minimum absolute atomic E-state index is 0.0894. The topological polar surface area (TPSA) is 74.6 Å². The van der Waals surface area contributed by atoms with Crippen LogP contribution in [-0.2, 0) is 9.59 Å². The molecule has 0 aromatic carbocycles. The van der Waals surface area contributed by atoms with Crippen LogP contribution in [0.2, 0.25) is 0 Å². The highest BCUT2D eigenvalue weighted by atomic mass is 16.4. The first-order valence-corrected chi connectivity index (χ1v) is 6.78. The Bertz CT molecular complexity index is 420. The molecule has 0 aliphatic heterocycles. The smallest absolute Gasteiger partial charge is 0.331 e. The summed E-state index contributed by atoms with van der Waals surface area (Å²) in [7, 11) is 0. The van der Waals surface area contributed by atoms with Crippen LogP contribution in [0.3, 0.4) is 0 Å². The molecule has 0 amide bonds. The van der Waals surface area contributed by atoms with E-state index < -0.39 is 17.4 Å². The lowest BCUT2D eigenvalue weighted by atomic mass is 9.73. The first-order valence-electron chi connectivity index (χ1n) is 6.78. The molecule has 0 saturated heterocycles. The first-order chi connectivity index (χ1) is 8.93. The van der Waals surface area contributed by atoms with Gasteiger partial charge in [0.05, 0.1) is 5.41 Å². The van der Waals surface area contributed by atoms with Crippen molar-refractivity contribution in [2.45, 2.75) is 52.4 Å². The van der Waals surface area contributed by atoms with Crippen LogP contribution >= 0.6 is 0 Å². The number of carboxylic acids is 2. The highest BCUT2D eigenvalue weighted by molar-refractivity contribution is 5.91. The van der Waals surface area contributed by atoms with E-state index in [2.05, 4.69) is 6.92 Å². The third kappa shape index (κ3) is 3.69. The molecule has 0 fully saturated rings. The summed E-state index contributed by atoms with van der Waals surface area (Å²) in [4.78, 5) is 22.7. The molecule has 1 rings (SSSR count). The van der Waals surface area contributed by atoms with Crippen molar-refractivity contribution in [1.29, 1.82) is 0 Å². The molecule has 0 saturated carbocycles. The normalized spacial score (nSPS) is 22.6. The van der Waals surface area contributed by atoms with Crippen LogP contribution in [0.5, 0.6) is 0 Å². The van der Waals surface area contributed by atoms with Gasteiger partial charge in [-0.05, 0) is 25.3 Å². The van der Waals surface area contributed by atoms with Crippen LogP contribution < -0.4 is 0 Å². The molecule has 4 heteroatoms. The maximum Gasteiger partial charge on any atom is 0.331 e. The molecule has 0 spiro atoms. The average molecular weight is 266 g/mol. The predicted molar refractivity (Wildman–Crippen MR) is 72.9 cm³/mol. The van der Waals surface area contributed by atoms with Gasteiger partial charge in [-0.15, -0.1) is 0 Å². The number of aliphatic carboxylic acids is 2. The van der Waals surface area contributed by atoms with Crippen LogP contribution in [0, 0.1) is 5.41 Å². The van der Waals surface area contributed by atoms with Crippen molar-refractivity contribution in [3.05, 3.63) is 23.3 Å². The van der Waals surface area contributed by atoms with Crippen molar-refractivity contribution in [2.24, 2.45) is 5.41 Å². The molecule has 0 bridgehead atoms. The van der Waals surface area contributed by atoms with Gasteiger partial charge in [0.1, 0.15) is 0 Å². The van der Waals surface area contributed by atoms with Crippen LogP contribution in [0.25, 0.3) is 0 Å². The van der Waals surface area contributed by atoms with Crippen molar-refractivity contribution in [2.75, 3.05) is 0 Å². The van der Waals surface area contributed by atoms with E-state index in [0.717, 1.165) is 25.7 Å². The molecule has 1 aliphatic carbocycles. The monoisotopic (exact) mass is 266 g/mol. The Balaban J connectivity index is 2.83. The largest absolute Gasteiger partial charge is 0.481 e. The van der Waals surface area contributed by atoms with E-state index in [-0.39, 0.29) is 12.0 Å². The SMILES string of the molecule is CCCCCCC1(C(=O)O)C=CC(C)=C(C(=O)O)C1. The molecule has 2 N–H and O–H groups in total. The minimum atomic E-state index is -1.04. The quantitative estimate of drug-likeness (QED) is 0.693. The molecule has 106 valence electrons. The Labute approximate surface area is 113 Å². The molecular formula is C15H22O4. The van der Waals surface area contributed by atoms with E-state index in [1.807, 2.05) is 0 Å². The van der Waals surface area contributed by atoms with Crippen molar-refractivity contribution in [1.82, 2.24) is 0 Å². The lowest BCUT2D eigenvalue weighted by Crippen LogP contribution is -2.32. The third-order valence-corrected chi connectivity index (χ3v) is 3.78. The van der Waals surface area contributed by atoms with Crippen molar-refractivity contribution in [3.8, 4) is 0 Å². The summed E-state index contributed by atoms with van der Waals surface area (Å²) in [5.74, 6) is -1.94. The summed E-state index contributed by atoms with van der Waals surface area (Å²) >= 11 is 0. The van der Waals surface area contributed by atoms with Crippen LogP contribution in [0.1, 0.15) is 52.4 Å². The Morgan fingerprint density at radius 2 is 1.95 bits per heavy atom. The molecule has 1 unspecified atom stereocenters. The zero-order chi connectivity index (χ0) is 14.5. The fraction of sp³-hybridized carbons (Fsp3) is 0.600. The highest BCUT2D eigenvalue weighted by Gasteiger charge is 2.39. The van der Waals surface area contributed by atoms with Gasteiger partial charge in [0, 0.05) is 5.57 Å². The second-order valence-corrected chi connectivity index (χ2v) is 5.25. The van der Waals surface area contributed by atoms with E-state index in [1.165, 1.54) is 0 Å². The van der Waals surface area contributed by atoms with Crippen LogP contribution in [0.15, 0.2) is 23.3 Å². The highest BCUT2D eigenvalue weighted by Crippen LogP contribution is 2.39. The van der Waals surface area contributed by atoms with Gasteiger partial charge >= 0.3 is 11.9 Å². The molecule has 0 radical (unpaired) electrons. The summed E-state index contributed by atoms with van der Waals surface area (Å²) in [6, 6.07) is 0. The zero-order valence-electron chi connectivity index (χ0n) is 11.6. The van der Waals surface area contributed by atoms with Crippen molar-refractivity contribution < 1.29 is 19.8 Å². The Hall–Kier alpha value is -1.58. The van der Waals surface area contributed by atoms with E-state index >= 15 is 0 Å². The van der Waals surface area contributed by atoms with E-state index in [0.29, 0.717) is 12.0 Å².